The van der Waals surface area contributed by atoms with Crippen LogP contribution in [0.1, 0.15) is 10.4 Å². The molecule has 4 nitrogen and oxygen atoms in total. The normalized spacial score (nSPS) is 12.3. The highest BCUT2D eigenvalue weighted by molar-refractivity contribution is 6.05. The summed E-state index contributed by atoms with van der Waals surface area (Å²) in [6.07, 6.45) is 0. The Morgan fingerprint density at radius 2 is 1.81 bits per heavy atom. The van der Waals surface area contributed by atoms with Gasteiger partial charge < -0.3 is 14.4 Å². The SMILES string of the molecule is CN(C(=O)c1ccc(F)c(F)c1)c1ccc2c(c1)OCO2. The van der Waals surface area contributed by atoms with Gasteiger partial charge in [0.15, 0.2) is 23.1 Å². The van der Waals surface area contributed by atoms with Gasteiger partial charge in [-0.2, -0.15) is 0 Å². The van der Waals surface area contributed by atoms with Crippen LogP contribution in [-0.4, -0.2) is 19.7 Å². The van der Waals surface area contributed by atoms with Crippen molar-refractivity contribution in [1.29, 1.82) is 0 Å². The lowest BCUT2D eigenvalue weighted by Gasteiger charge is -2.17. The summed E-state index contributed by atoms with van der Waals surface area (Å²) in [4.78, 5) is 13.6. The summed E-state index contributed by atoms with van der Waals surface area (Å²) < 4.78 is 36.5. The molecule has 0 spiro atoms. The zero-order valence-corrected chi connectivity index (χ0v) is 11.1. The molecule has 0 fully saturated rings. The van der Waals surface area contributed by atoms with Crippen molar-refractivity contribution in [3.63, 3.8) is 0 Å². The third-order valence-corrected chi connectivity index (χ3v) is 3.21. The predicted octanol–water partition coefficient (Wildman–Crippen LogP) is 2.97. The third kappa shape index (κ3) is 2.40. The molecule has 1 aliphatic heterocycles. The highest BCUT2D eigenvalue weighted by Gasteiger charge is 2.19. The van der Waals surface area contributed by atoms with E-state index >= 15 is 0 Å². The zero-order chi connectivity index (χ0) is 15.0. The molecule has 0 bridgehead atoms. The molecule has 3 rings (SSSR count). The monoisotopic (exact) mass is 291 g/mol. The first-order chi connectivity index (χ1) is 10.1. The predicted molar refractivity (Wildman–Crippen MR) is 71.7 cm³/mol. The number of amides is 1. The number of anilines is 1. The van der Waals surface area contributed by atoms with Gasteiger partial charge in [0.2, 0.25) is 6.79 Å². The van der Waals surface area contributed by atoms with Crippen molar-refractivity contribution in [3.8, 4) is 11.5 Å². The van der Waals surface area contributed by atoms with Crippen LogP contribution in [-0.2, 0) is 0 Å². The second kappa shape index (κ2) is 5.05. The van der Waals surface area contributed by atoms with E-state index in [9.17, 15) is 13.6 Å². The van der Waals surface area contributed by atoms with Crippen LogP contribution in [0.15, 0.2) is 36.4 Å². The average molecular weight is 291 g/mol. The van der Waals surface area contributed by atoms with Gasteiger partial charge in [-0.1, -0.05) is 0 Å². The Bertz CT molecular complexity index is 718. The Kier molecular flexibility index (Phi) is 3.21. The van der Waals surface area contributed by atoms with E-state index in [4.69, 9.17) is 9.47 Å². The van der Waals surface area contributed by atoms with Crippen LogP contribution in [0, 0.1) is 11.6 Å². The molecular weight excluding hydrogens is 280 g/mol. The van der Waals surface area contributed by atoms with Crippen molar-refractivity contribution >= 4 is 11.6 Å². The van der Waals surface area contributed by atoms with Crippen LogP contribution >= 0.6 is 0 Å². The molecule has 1 amide bonds. The first kappa shape index (κ1) is 13.4. The quantitative estimate of drug-likeness (QED) is 0.854. The molecule has 1 aliphatic rings. The molecule has 6 heteroatoms. The van der Waals surface area contributed by atoms with E-state index in [-0.39, 0.29) is 12.4 Å². The summed E-state index contributed by atoms with van der Waals surface area (Å²) in [6.45, 7) is 0.139. The number of halogens is 2. The van der Waals surface area contributed by atoms with Gasteiger partial charge in [-0.05, 0) is 30.3 Å². The number of fused-ring (bicyclic) bond motifs is 1. The molecule has 0 aliphatic carbocycles. The molecule has 0 saturated carbocycles. The Morgan fingerprint density at radius 1 is 1.05 bits per heavy atom. The first-order valence-corrected chi connectivity index (χ1v) is 6.19. The van der Waals surface area contributed by atoms with Crippen LogP contribution in [0.4, 0.5) is 14.5 Å². The fourth-order valence-corrected chi connectivity index (χ4v) is 2.03. The number of carbonyl (C=O) groups is 1. The summed E-state index contributed by atoms with van der Waals surface area (Å²) in [5.41, 5.74) is 0.628. The number of carbonyl (C=O) groups excluding carboxylic acids is 1. The van der Waals surface area contributed by atoms with Crippen molar-refractivity contribution in [2.75, 3.05) is 18.7 Å². The van der Waals surface area contributed by atoms with Crippen LogP contribution in [0.2, 0.25) is 0 Å². The van der Waals surface area contributed by atoms with E-state index < -0.39 is 17.5 Å². The van der Waals surface area contributed by atoms with Gasteiger partial charge in [0, 0.05) is 24.4 Å². The van der Waals surface area contributed by atoms with Gasteiger partial charge >= 0.3 is 0 Å². The fourth-order valence-electron chi connectivity index (χ4n) is 2.03. The van der Waals surface area contributed by atoms with E-state index in [0.29, 0.717) is 17.2 Å². The number of ether oxygens (including phenoxy) is 2. The van der Waals surface area contributed by atoms with E-state index in [1.807, 2.05) is 0 Å². The molecule has 0 unspecified atom stereocenters. The molecule has 21 heavy (non-hydrogen) atoms. The number of benzene rings is 2. The van der Waals surface area contributed by atoms with Crippen molar-refractivity contribution in [2.24, 2.45) is 0 Å². The summed E-state index contributed by atoms with van der Waals surface area (Å²) >= 11 is 0. The number of hydrogen-bond acceptors (Lipinski definition) is 3. The highest BCUT2D eigenvalue weighted by Crippen LogP contribution is 2.35. The molecule has 0 N–H and O–H groups in total. The van der Waals surface area contributed by atoms with E-state index in [2.05, 4.69) is 0 Å². The highest BCUT2D eigenvalue weighted by atomic mass is 19.2. The lowest BCUT2D eigenvalue weighted by molar-refractivity contribution is 0.0992. The van der Waals surface area contributed by atoms with Gasteiger partial charge in [0.1, 0.15) is 0 Å². The Labute approximate surface area is 119 Å². The van der Waals surface area contributed by atoms with E-state index in [1.54, 1.807) is 25.2 Å². The Balaban J connectivity index is 1.88. The van der Waals surface area contributed by atoms with Crippen LogP contribution in [0.3, 0.4) is 0 Å². The van der Waals surface area contributed by atoms with Crippen LogP contribution < -0.4 is 14.4 Å². The Hall–Kier alpha value is -2.63. The molecule has 108 valence electrons. The fraction of sp³-hybridized carbons (Fsp3) is 0.133. The van der Waals surface area contributed by atoms with Gasteiger partial charge in [-0.15, -0.1) is 0 Å². The van der Waals surface area contributed by atoms with Gasteiger partial charge in [0.05, 0.1) is 0 Å². The molecule has 2 aromatic rings. The van der Waals surface area contributed by atoms with Crippen molar-refractivity contribution in [2.45, 2.75) is 0 Å². The minimum atomic E-state index is -1.06. The maximum atomic E-state index is 13.2. The van der Waals surface area contributed by atoms with Gasteiger partial charge in [0.25, 0.3) is 5.91 Å². The van der Waals surface area contributed by atoms with Crippen LogP contribution in [0.5, 0.6) is 11.5 Å². The van der Waals surface area contributed by atoms with Gasteiger partial charge in [-0.3, -0.25) is 4.79 Å². The van der Waals surface area contributed by atoms with Gasteiger partial charge in [-0.25, -0.2) is 8.78 Å². The minimum Gasteiger partial charge on any atom is -0.454 e. The minimum absolute atomic E-state index is 0.0640. The van der Waals surface area contributed by atoms with Crippen molar-refractivity contribution in [1.82, 2.24) is 0 Å². The zero-order valence-electron chi connectivity index (χ0n) is 11.1. The summed E-state index contributed by atoms with van der Waals surface area (Å²) in [6, 6.07) is 8.07. The smallest absolute Gasteiger partial charge is 0.258 e. The maximum Gasteiger partial charge on any atom is 0.258 e. The summed E-state index contributed by atoms with van der Waals surface area (Å²) in [7, 11) is 1.54. The second-order valence-corrected chi connectivity index (χ2v) is 4.53. The Morgan fingerprint density at radius 3 is 2.57 bits per heavy atom. The molecule has 0 radical (unpaired) electrons. The number of rotatable bonds is 2. The number of hydrogen-bond donors (Lipinski definition) is 0. The molecule has 2 aromatic carbocycles. The molecule has 0 atom stereocenters. The molecule has 0 saturated heterocycles. The summed E-state index contributed by atoms with van der Waals surface area (Å²) in [5.74, 6) is -1.35. The largest absolute Gasteiger partial charge is 0.454 e. The molecule has 1 heterocycles. The van der Waals surface area contributed by atoms with E-state index in [0.717, 1.165) is 12.1 Å². The van der Waals surface area contributed by atoms with E-state index in [1.165, 1.54) is 11.0 Å². The lowest BCUT2D eigenvalue weighted by atomic mass is 10.1. The molecule has 0 aromatic heterocycles. The first-order valence-electron chi connectivity index (χ1n) is 6.19. The van der Waals surface area contributed by atoms with Crippen molar-refractivity contribution < 1.29 is 23.0 Å². The standard InChI is InChI=1S/C15H11F2NO3/c1-18(10-3-5-13-14(7-10)21-8-20-13)15(19)9-2-4-11(16)12(17)6-9/h2-7H,8H2,1H3. The summed E-state index contributed by atoms with van der Waals surface area (Å²) in [5, 5.41) is 0. The topological polar surface area (TPSA) is 38.8 Å². The van der Waals surface area contributed by atoms with Crippen molar-refractivity contribution in [3.05, 3.63) is 53.6 Å². The lowest BCUT2D eigenvalue weighted by Crippen LogP contribution is -2.26. The van der Waals surface area contributed by atoms with Crippen LogP contribution in [0.25, 0.3) is 0 Å². The number of nitrogens with zero attached hydrogens (tertiary/aromatic N) is 1. The third-order valence-electron chi connectivity index (χ3n) is 3.21. The average Bonchev–Trinajstić information content (AvgIpc) is 2.96. The second-order valence-electron chi connectivity index (χ2n) is 4.53. The maximum absolute atomic E-state index is 13.2. The molecular formula is C15H11F2NO3.